The first kappa shape index (κ1) is 81.2. The highest BCUT2D eigenvalue weighted by molar-refractivity contribution is 6.88. The van der Waals surface area contributed by atoms with Gasteiger partial charge in [-0.25, -0.2) is 0 Å². The minimum absolute atomic E-state index is 0.365. The van der Waals surface area contributed by atoms with Crippen LogP contribution in [0, 0.1) is 52.2 Å². The summed E-state index contributed by atoms with van der Waals surface area (Å²) in [6, 6.07) is 132. The van der Waals surface area contributed by atoms with Gasteiger partial charge in [0.15, 0.2) is 22.3 Å². The molecule has 0 unspecified atom stereocenters. The molecule has 0 fully saturated rings. The first-order valence-electron chi connectivity index (χ1n) is 46.4. The summed E-state index contributed by atoms with van der Waals surface area (Å²) >= 11 is 0. The number of rotatable bonds is 15. The number of hydrogen-bond acceptors (Lipinski definition) is 12. The van der Waals surface area contributed by atoms with E-state index < -0.39 is 8.07 Å². The number of nitriles is 4. The fourth-order valence-electron chi connectivity index (χ4n) is 21.3. The summed E-state index contributed by atoms with van der Waals surface area (Å²) < 4.78 is 33.2. The minimum atomic E-state index is -1.62. The lowest BCUT2D eigenvalue weighted by atomic mass is 9.99. The molecular formula is C122H84N10O4Si. The van der Waals surface area contributed by atoms with Crippen LogP contribution in [0.2, 0.25) is 19.6 Å². The molecule has 137 heavy (non-hydrogen) atoms. The van der Waals surface area contributed by atoms with Crippen LogP contribution < -0.4 is 24.8 Å². The molecular weight excluding hydrogens is 1700 g/mol. The number of aryl methyl sites for hydroxylation is 1. The number of hydrogen-bond donors (Lipinski definition) is 0. The Morgan fingerprint density at radius 2 is 0.467 bits per heavy atom. The highest BCUT2D eigenvalue weighted by atomic mass is 28.3. The molecule has 0 saturated carbocycles. The van der Waals surface area contributed by atoms with Gasteiger partial charge in [-0.2, -0.15) is 21.0 Å². The van der Waals surface area contributed by atoms with Crippen LogP contribution in [-0.4, -0.2) is 16.9 Å². The third-order valence-electron chi connectivity index (χ3n) is 27.9. The number of fused-ring (bicyclic) bond motifs is 28. The van der Waals surface area contributed by atoms with Crippen LogP contribution in [0.25, 0.3) is 164 Å². The molecule has 0 aliphatic rings. The Morgan fingerprint density at radius 1 is 0.248 bits per heavy atom. The fourth-order valence-corrected chi connectivity index (χ4v) is 22.4. The molecule has 8 heterocycles. The van der Waals surface area contributed by atoms with E-state index in [1.54, 1.807) is 0 Å². The summed E-state index contributed by atoms with van der Waals surface area (Å²) in [4.78, 5) is 9.31. The molecule has 8 aromatic heterocycles. The second kappa shape index (κ2) is 31.1. The Bertz CT molecular complexity index is 9360. The topological polar surface area (TPSA) is 169 Å². The van der Waals surface area contributed by atoms with Crippen molar-refractivity contribution in [1.29, 1.82) is 21.0 Å². The lowest BCUT2D eigenvalue weighted by molar-refractivity contribution is 0.669. The molecule has 26 aromatic rings. The first-order chi connectivity index (χ1) is 67.0. The van der Waals surface area contributed by atoms with Crippen molar-refractivity contribution in [3.63, 3.8) is 0 Å². The fraction of sp³-hybridized carbons (Fsp3) is 0.0820. The molecule has 0 radical (unpaired) electrons. The Morgan fingerprint density at radius 3 is 0.701 bits per heavy atom. The molecule has 26 rings (SSSR count). The molecule has 0 N–H and O–H groups in total. The second-order valence-corrected chi connectivity index (χ2v) is 42.6. The maximum Gasteiger partial charge on any atom is 0.160 e. The molecule has 15 heteroatoms. The van der Waals surface area contributed by atoms with Gasteiger partial charge >= 0.3 is 0 Å². The van der Waals surface area contributed by atoms with E-state index in [9.17, 15) is 21.0 Å². The minimum Gasteiger partial charge on any atom is -0.454 e. The van der Waals surface area contributed by atoms with E-state index in [-0.39, 0.29) is 0 Å². The predicted octanol–water partition coefficient (Wildman–Crippen LogP) is 33.7. The van der Waals surface area contributed by atoms with E-state index in [0.717, 1.165) is 238 Å². The van der Waals surface area contributed by atoms with Gasteiger partial charge in [0.05, 0.1) is 88.4 Å². The third-order valence-corrected chi connectivity index (χ3v) is 29.9. The van der Waals surface area contributed by atoms with Gasteiger partial charge in [-0.1, -0.05) is 216 Å². The lowest BCUT2D eigenvalue weighted by Crippen LogP contribution is -2.37. The first-order valence-corrected chi connectivity index (χ1v) is 49.9. The Kier molecular flexibility index (Phi) is 18.4. The van der Waals surface area contributed by atoms with Crippen molar-refractivity contribution < 1.29 is 17.7 Å². The highest BCUT2D eigenvalue weighted by Gasteiger charge is 2.36. The van der Waals surface area contributed by atoms with Gasteiger partial charge in [0.25, 0.3) is 0 Å². The molecule has 0 atom stereocenters. The number of nitrogens with zero attached hydrogens (tertiary/aromatic N) is 10. The van der Waals surface area contributed by atoms with Crippen molar-refractivity contribution >= 4 is 245 Å². The molecule has 0 aliphatic heterocycles. The van der Waals surface area contributed by atoms with E-state index in [2.05, 4.69) is 313 Å². The number of benzene rings is 18. The Balaban J connectivity index is 0.000000146. The van der Waals surface area contributed by atoms with Crippen LogP contribution in [0.15, 0.2) is 370 Å². The van der Waals surface area contributed by atoms with Crippen LogP contribution in [0.1, 0.15) is 78.5 Å². The van der Waals surface area contributed by atoms with Gasteiger partial charge < -0.3 is 46.1 Å². The average Bonchev–Trinajstić information content (AvgIpc) is 1.51. The van der Waals surface area contributed by atoms with Crippen molar-refractivity contribution in [2.75, 3.05) is 19.6 Å². The standard InChI is InChI=1S/C62H43N5O2.C60H41N5O2Si/c1-36(2)40-20-28-44(29-21-40)65(42-24-16-38(34-63)17-25-42)52-32-50-46-10-5-7-14-54(46)68-61(50)59-56(52)48-12-9-13-49-57-53(33-51-47-11-6-8-15-55(47)69-62(51)60(57)67(59)58(48)49)66(43-26-18-39(35-64)19-27-43)45-30-22-41(23-31-45)37(3)4;1-36-16-22-39(23-17-36)63(40-24-18-37(34-61)19-25-40)50-32-48-44-10-5-7-14-52(44)66-59(48)57-54(50)46-12-9-13-47-55-51(33-49-45-11-6-8-15-53(45)67-60(49)58(55)65(57)56(46)47)64(41-26-20-38(35-62)21-27-41)42-28-30-43(31-29-42)68(2,3)4/h5-33,36-37H,1-4H3;5-33H,1-4H3. The van der Waals surface area contributed by atoms with E-state index >= 15 is 0 Å². The molecule has 0 bridgehead atoms. The highest BCUT2D eigenvalue weighted by Crippen LogP contribution is 2.58. The summed E-state index contributed by atoms with van der Waals surface area (Å²) in [6.45, 7) is 18.1. The normalized spacial score (nSPS) is 12.0. The molecule has 0 amide bonds. The zero-order valence-electron chi connectivity index (χ0n) is 76.2. The molecule has 650 valence electrons. The smallest absolute Gasteiger partial charge is 0.160 e. The van der Waals surface area contributed by atoms with Gasteiger partial charge in [-0.3, -0.25) is 0 Å². The number of anilines is 12. The lowest BCUT2D eigenvalue weighted by Gasteiger charge is -2.28. The van der Waals surface area contributed by atoms with E-state index in [0.29, 0.717) is 34.1 Å². The zero-order valence-corrected chi connectivity index (χ0v) is 77.2. The molecule has 0 spiro atoms. The van der Waals surface area contributed by atoms with Crippen molar-refractivity contribution in [3.05, 3.63) is 391 Å². The van der Waals surface area contributed by atoms with Crippen LogP contribution in [0.4, 0.5) is 68.2 Å². The third kappa shape index (κ3) is 12.6. The van der Waals surface area contributed by atoms with E-state index in [1.807, 2.05) is 146 Å². The quantitative estimate of drug-likeness (QED) is 0.0892. The number of aromatic nitrogens is 2. The zero-order chi connectivity index (χ0) is 92.7. The van der Waals surface area contributed by atoms with Gasteiger partial charge in [0, 0.05) is 132 Å². The molecule has 14 nitrogen and oxygen atoms in total. The van der Waals surface area contributed by atoms with Crippen molar-refractivity contribution in [2.24, 2.45) is 0 Å². The SMILES string of the molecule is CC(C)c1ccc(N(c2ccc(C#N)cc2)c2cc3c4ccccc4oc3c3c2c2cccc4c5c(N(c6ccc(C#N)cc6)c6ccc(C(C)C)cc6)cc6c7ccccc7oc6c5n3c24)cc1.Cc1ccc(N(c2ccc(C#N)cc2)c2cc3c4ccccc4oc3c3c2c2cccc4c5c(N(c6ccc(C#N)cc6)c6ccc([Si](C)(C)C)cc6)cc6c7ccccc7oc6c5n3c24)cc1. The van der Waals surface area contributed by atoms with Crippen molar-refractivity contribution in [2.45, 2.75) is 66.1 Å². The Hall–Kier alpha value is -17.9. The number of furan rings is 4. The van der Waals surface area contributed by atoms with E-state index in [4.69, 9.17) is 17.7 Å². The second-order valence-electron chi connectivity index (χ2n) is 37.6. The van der Waals surface area contributed by atoms with E-state index in [1.165, 1.54) is 16.3 Å². The Labute approximate surface area is 788 Å². The predicted molar refractivity (Wildman–Crippen MR) is 565 cm³/mol. The van der Waals surface area contributed by atoms with Gasteiger partial charge in [0.1, 0.15) is 44.4 Å². The summed E-state index contributed by atoms with van der Waals surface area (Å²) in [7, 11) is -1.62. The van der Waals surface area contributed by atoms with Crippen LogP contribution in [0.5, 0.6) is 0 Å². The molecule has 18 aromatic carbocycles. The summed E-state index contributed by atoms with van der Waals surface area (Å²) in [5.41, 5.74) is 29.9. The van der Waals surface area contributed by atoms with Crippen LogP contribution in [-0.2, 0) is 0 Å². The van der Waals surface area contributed by atoms with Crippen LogP contribution in [0.3, 0.4) is 0 Å². The van der Waals surface area contributed by atoms with Gasteiger partial charge in [-0.05, 0) is 224 Å². The maximum absolute atomic E-state index is 9.92. The molecule has 0 saturated heterocycles. The average molecular weight is 1780 g/mol. The largest absolute Gasteiger partial charge is 0.454 e. The summed E-state index contributed by atoms with van der Waals surface area (Å²) in [6.07, 6.45) is 0. The summed E-state index contributed by atoms with van der Waals surface area (Å²) in [5.74, 6) is 0.730. The van der Waals surface area contributed by atoms with Crippen LogP contribution >= 0.6 is 0 Å². The number of para-hydroxylation sites is 6. The van der Waals surface area contributed by atoms with Crippen molar-refractivity contribution in [3.8, 4) is 24.3 Å². The monoisotopic (exact) mass is 1780 g/mol. The van der Waals surface area contributed by atoms with Gasteiger partial charge in [-0.15, -0.1) is 0 Å². The maximum atomic E-state index is 9.92. The summed E-state index contributed by atoms with van der Waals surface area (Å²) in [5, 5.41) is 57.4. The van der Waals surface area contributed by atoms with Gasteiger partial charge in [0.2, 0.25) is 0 Å². The van der Waals surface area contributed by atoms with Crippen molar-refractivity contribution in [1.82, 2.24) is 8.80 Å². The molecule has 0 aliphatic carbocycles.